The molecule has 0 unspecified atom stereocenters. The topological polar surface area (TPSA) is 32.8 Å². The van der Waals surface area contributed by atoms with Crippen LogP contribution in [-0.4, -0.2) is 41.9 Å². The summed E-state index contributed by atoms with van der Waals surface area (Å²) in [5.74, 6) is 0.790. The molecule has 1 fully saturated rings. The van der Waals surface area contributed by atoms with E-state index in [1.54, 1.807) is 11.3 Å². The van der Waals surface area contributed by atoms with Crippen molar-refractivity contribution in [1.82, 2.24) is 9.80 Å². The Bertz CT molecular complexity index is 963. The summed E-state index contributed by atoms with van der Waals surface area (Å²) in [5.41, 5.74) is 2.09. The van der Waals surface area contributed by atoms with E-state index in [-0.39, 0.29) is 5.91 Å². The lowest BCUT2D eigenvalue weighted by Gasteiger charge is -2.34. The van der Waals surface area contributed by atoms with Crippen LogP contribution in [0.1, 0.15) is 25.7 Å². The van der Waals surface area contributed by atoms with Gasteiger partial charge in [-0.25, -0.2) is 0 Å². The second kappa shape index (κ2) is 9.30. The predicted octanol–water partition coefficient (Wildman–Crippen LogP) is 5.31. The number of carbonyl (C=O) groups excluding carboxylic acids is 1. The second-order valence-electron chi connectivity index (χ2n) is 7.19. The van der Waals surface area contributed by atoms with Crippen LogP contribution in [0.3, 0.4) is 0 Å². The molecule has 1 aliphatic rings. The lowest BCUT2D eigenvalue weighted by atomic mass is 10.2. The first-order chi connectivity index (χ1) is 14.1. The number of halogens is 1. The fourth-order valence-corrected chi connectivity index (χ4v) is 5.12. The van der Waals surface area contributed by atoms with Gasteiger partial charge in [-0.3, -0.25) is 9.69 Å². The van der Waals surface area contributed by atoms with Crippen LogP contribution in [0, 0.1) is 6.92 Å². The van der Waals surface area contributed by atoms with Crippen molar-refractivity contribution in [2.45, 2.75) is 20.1 Å². The van der Waals surface area contributed by atoms with Gasteiger partial charge in [0.05, 0.1) is 9.90 Å². The second-order valence-corrected chi connectivity index (χ2v) is 9.54. The van der Waals surface area contributed by atoms with E-state index in [4.69, 9.17) is 16.3 Å². The van der Waals surface area contributed by atoms with Gasteiger partial charge in [-0.05, 0) is 47.5 Å². The maximum Gasteiger partial charge on any atom is 0.264 e. The van der Waals surface area contributed by atoms with Crippen molar-refractivity contribution in [3.8, 4) is 5.75 Å². The molecule has 1 aliphatic heterocycles. The van der Waals surface area contributed by atoms with Crippen LogP contribution in [-0.2, 0) is 13.2 Å². The van der Waals surface area contributed by atoms with Crippen LogP contribution < -0.4 is 4.74 Å². The van der Waals surface area contributed by atoms with Crippen molar-refractivity contribution in [3.05, 3.63) is 73.1 Å². The van der Waals surface area contributed by atoms with E-state index in [0.29, 0.717) is 17.4 Å². The lowest BCUT2D eigenvalue weighted by Crippen LogP contribution is -2.48. The predicted molar refractivity (Wildman–Crippen MR) is 120 cm³/mol. The average Bonchev–Trinajstić information content (AvgIpc) is 3.41. The van der Waals surface area contributed by atoms with E-state index >= 15 is 0 Å². The van der Waals surface area contributed by atoms with E-state index in [1.165, 1.54) is 16.2 Å². The van der Waals surface area contributed by atoms with Crippen LogP contribution in [0.2, 0.25) is 5.02 Å². The monoisotopic (exact) mass is 446 g/mol. The summed E-state index contributed by atoms with van der Waals surface area (Å²) in [6.07, 6.45) is 0. The quantitative estimate of drug-likeness (QED) is 0.514. The fourth-order valence-electron chi connectivity index (χ4n) is 3.33. The molecule has 0 atom stereocenters. The molecule has 0 aliphatic carbocycles. The third kappa shape index (κ3) is 5.20. The molecular formula is C22H23ClN2O2S2. The Labute approximate surface area is 184 Å². The van der Waals surface area contributed by atoms with Crippen molar-refractivity contribution in [3.63, 3.8) is 0 Å². The van der Waals surface area contributed by atoms with Gasteiger partial charge in [-0.1, -0.05) is 23.7 Å². The van der Waals surface area contributed by atoms with Gasteiger partial charge in [0.2, 0.25) is 0 Å². The summed E-state index contributed by atoms with van der Waals surface area (Å²) in [7, 11) is 0. The Hall–Kier alpha value is -1.86. The minimum atomic E-state index is 0.116. The van der Waals surface area contributed by atoms with Crippen molar-refractivity contribution >= 4 is 40.2 Å². The van der Waals surface area contributed by atoms with Crippen LogP contribution in [0.4, 0.5) is 0 Å². The van der Waals surface area contributed by atoms with Crippen LogP contribution in [0.15, 0.2) is 47.2 Å². The van der Waals surface area contributed by atoms with Gasteiger partial charge in [-0.15, -0.1) is 22.7 Å². The largest absolute Gasteiger partial charge is 0.487 e. The Kier molecular flexibility index (Phi) is 6.55. The Morgan fingerprint density at radius 1 is 1.14 bits per heavy atom. The molecule has 0 N–H and O–H groups in total. The van der Waals surface area contributed by atoms with Crippen molar-refractivity contribution < 1.29 is 9.53 Å². The number of piperazine rings is 1. The molecule has 3 aromatic rings. The number of carbonyl (C=O) groups is 1. The molecule has 2 aromatic heterocycles. The van der Waals surface area contributed by atoms with Crippen LogP contribution >= 0.6 is 34.3 Å². The zero-order valence-electron chi connectivity index (χ0n) is 16.3. The number of aryl methyl sites for hydroxylation is 1. The standard InChI is InChI=1S/C22H23ClN2O2S2/c1-16-4-5-19(23)20(11-16)27-14-17-12-21(29-15-17)22(26)25-8-6-24(7-9-25)13-18-3-2-10-28-18/h2-5,10-12,15H,6-9,13-14H2,1H3. The van der Waals surface area contributed by atoms with Crippen molar-refractivity contribution in [2.24, 2.45) is 0 Å². The summed E-state index contributed by atoms with van der Waals surface area (Å²) in [5, 5.41) is 4.70. The number of hydrogen-bond donors (Lipinski definition) is 0. The number of thiophene rings is 2. The Morgan fingerprint density at radius 2 is 1.97 bits per heavy atom. The Morgan fingerprint density at radius 3 is 2.72 bits per heavy atom. The summed E-state index contributed by atoms with van der Waals surface area (Å²) >= 11 is 9.46. The number of hydrogen-bond acceptors (Lipinski definition) is 5. The number of nitrogens with zero attached hydrogens (tertiary/aromatic N) is 2. The number of ether oxygens (including phenoxy) is 1. The molecular weight excluding hydrogens is 424 g/mol. The Balaban J connectivity index is 1.30. The molecule has 3 heterocycles. The molecule has 0 saturated carbocycles. The molecule has 1 amide bonds. The molecule has 7 heteroatoms. The molecule has 4 rings (SSSR count). The van der Waals surface area contributed by atoms with Crippen molar-refractivity contribution in [2.75, 3.05) is 26.2 Å². The average molecular weight is 447 g/mol. The highest BCUT2D eigenvalue weighted by atomic mass is 35.5. The number of rotatable bonds is 6. The van der Waals surface area contributed by atoms with E-state index in [2.05, 4.69) is 22.4 Å². The van der Waals surface area contributed by atoms with E-state index in [0.717, 1.165) is 48.7 Å². The maximum atomic E-state index is 12.9. The lowest BCUT2D eigenvalue weighted by molar-refractivity contribution is 0.0634. The fraction of sp³-hybridized carbons (Fsp3) is 0.318. The minimum absolute atomic E-state index is 0.116. The van der Waals surface area contributed by atoms with E-state index < -0.39 is 0 Å². The third-order valence-electron chi connectivity index (χ3n) is 4.96. The summed E-state index contributed by atoms with van der Waals surface area (Å²) in [6, 6.07) is 11.9. The van der Waals surface area contributed by atoms with Crippen molar-refractivity contribution in [1.29, 1.82) is 0 Å². The van der Waals surface area contributed by atoms with Gasteiger partial charge < -0.3 is 9.64 Å². The molecule has 0 bridgehead atoms. The highest BCUT2D eigenvalue weighted by Crippen LogP contribution is 2.27. The number of benzene rings is 1. The van der Waals surface area contributed by atoms with E-state index in [9.17, 15) is 4.79 Å². The normalized spacial score (nSPS) is 14.9. The zero-order valence-corrected chi connectivity index (χ0v) is 18.7. The van der Waals surface area contributed by atoms with Gasteiger partial charge in [0, 0.05) is 43.2 Å². The minimum Gasteiger partial charge on any atom is -0.487 e. The summed E-state index contributed by atoms with van der Waals surface area (Å²) in [4.78, 5) is 19.4. The molecule has 0 spiro atoms. The van der Waals surface area contributed by atoms with Gasteiger partial charge in [0.25, 0.3) is 5.91 Å². The highest BCUT2D eigenvalue weighted by Gasteiger charge is 2.23. The van der Waals surface area contributed by atoms with Gasteiger partial charge in [0.15, 0.2) is 0 Å². The van der Waals surface area contributed by atoms with Gasteiger partial charge in [-0.2, -0.15) is 0 Å². The highest BCUT2D eigenvalue weighted by molar-refractivity contribution is 7.12. The van der Waals surface area contributed by atoms with Gasteiger partial charge >= 0.3 is 0 Å². The SMILES string of the molecule is Cc1ccc(Cl)c(OCc2csc(C(=O)N3CCN(Cc4cccs4)CC3)c2)c1. The van der Waals surface area contributed by atoms with E-state index in [1.807, 2.05) is 41.5 Å². The number of amides is 1. The van der Waals surface area contributed by atoms with Crippen LogP contribution in [0.25, 0.3) is 0 Å². The smallest absolute Gasteiger partial charge is 0.264 e. The first-order valence-corrected chi connectivity index (χ1v) is 11.7. The third-order valence-corrected chi connectivity index (χ3v) is 7.11. The molecule has 1 saturated heterocycles. The van der Waals surface area contributed by atoms with Gasteiger partial charge in [0.1, 0.15) is 12.4 Å². The first-order valence-electron chi connectivity index (χ1n) is 9.59. The maximum absolute atomic E-state index is 12.9. The summed E-state index contributed by atoms with van der Waals surface area (Å²) in [6.45, 7) is 6.75. The molecule has 0 radical (unpaired) electrons. The first kappa shape index (κ1) is 20.4. The molecule has 1 aromatic carbocycles. The molecule has 152 valence electrons. The molecule has 29 heavy (non-hydrogen) atoms. The summed E-state index contributed by atoms with van der Waals surface area (Å²) < 4.78 is 5.85. The molecule has 4 nitrogen and oxygen atoms in total. The van der Waals surface area contributed by atoms with Crippen LogP contribution in [0.5, 0.6) is 5.75 Å². The zero-order chi connectivity index (χ0) is 20.2.